The third kappa shape index (κ3) is 4.70. The summed E-state index contributed by atoms with van der Waals surface area (Å²) in [5.74, 6) is 0.755. The maximum absolute atomic E-state index is 9.37. The first kappa shape index (κ1) is 14.4. The van der Waals surface area contributed by atoms with E-state index in [1.807, 2.05) is 12.3 Å². The SMILES string of the molecule is COC(N)=O.NC1=NC(c2cncc(Br)c2)CC1. The van der Waals surface area contributed by atoms with Crippen molar-refractivity contribution in [3.8, 4) is 0 Å². The minimum absolute atomic E-state index is 0.213. The van der Waals surface area contributed by atoms with Gasteiger partial charge in [-0.25, -0.2) is 4.79 Å². The van der Waals surface area contributed by atoms with Crippen molar-refractivity contribution in [3.63, 3.8) is 0 Å². The topological polar surface area (TPSA) is 104 Å². The molecule has 18 heavy (non-hydrogen) atoms. The minimum atomic E-state index is -0.745. The zero-order chi connectivity index (χ0) is 13.5. The number of rotatable bonds is 1. The van der Waals surface area contributed by atoms with Crippen molar-refractivity contribution < 1.29 is 9.53 Å². The molecule has 0 radical (unpaired) electrons. The first-order chi connectivity index (χ1) is 8.52. The largest absolute Gasteiger partial charge is 0.453 e. The second-order valence-corrected chi connectivity index (χ2v) is 4.55. The van der Waals surface area contributed by atoms with Crippen LogP contribution in [0.1, 0.15) is 24.4 Å². The van der Waals surface area contributed by atoms with Gasteiger partial charge in [-0.15, -0.1) is 0 Å². The van der Waals surface area contributed by atoms with Gasteiger partial charge in [0.2, 0.25) is 0 Å². The second kappa shape index (κ2) is 6.95. The van der Waals surface area contributed by atoms with Gasteiger partial charge < -0.3 is 16.2 Å². The van der Waals surface area contributed by atoms with Crippen LogP contribution in [0.15, 0.2) is 27.9 Å². The van der Waals surface area contributed by atoms with Crippen LogP contribution < -0.4 is 11.5 Å². The Morgan fingerprint density at radius 1 is 1.56 bits per heavy atom. The Morgan fingerprint density at radius 3 is 2.67 bits per heavy atom. The van der Waals surface area contributed by atoms with Crippen LogP contribution in [-0.4, -0.2) is 24.0 Å². The van der Waals surface area contributed by atoms with E-state index >= 15 is 0 Å². The third-order valence-electron chi connectivity index (χ3n) is 2.31. The van der Waals surface area contributed by atoms with Gasteiger partial charge in [0, 0.05) is 23.3 Å². The molecule has 0 aromatic carbocycles. The number of carbonyl (C=O) groups excluding carboxylic acids is 1. The van der Waals surface area contributed by atoms with Crippen molar-refractivity contribution in [2.24, 2.45) is 16.5 Å². The maximum Gasteiger partial charge on any atom is 0.404 e. The van der Waals surface area contributed by atoms with Crippen molar-refractivity contribution in [1.82, 2.24) is 4.98 Å². The normalized spacial score (nSPS) is 17.4. The van der Waals surface area contributed by atoms with E-state index in [4.69, 9.17) is 5.73 Å². The molecule has 98 valence electrons. The van der Waals surface area contributed by atoms with Gasteiger partial charge in [0.05, 0.1) is 19.0 Å². The summed E-state index contributed by atoms with van der Waals surface area (Å²) >= 11 is 3.38. The van der Waals surface area contributed by atoms with E-state index in [9.17, 15) is 4.79 Å². The van der Waals surface area contributed by atoms with Gasteiger partial charge in [-0.3, -0.25) is 9.98 Å². The van der Waals surface area contributed by atoms with Crippen LogP contribution in [0.3, 0.4) is 0 Å². The first-order valence-corrected chi connectivity index (χ1v) is 6.08. The number of primary amides is 1. The predicted octanol–water partition coefficient (Wildman–Crippen LogP) is 1.75. The van der Waals surface area contributed by atoms with Crippen LogP contribution in [0.2, 0.25) is 0 Å². The summed E-state index contributed by atoms with van der Waals surface area (Å²) < 4.78 is 4.88. The Labute approximate surface area is 114 Å². The molecular weight excluding hydrogens is 300 g/mol. The Balaban J connectivity index is 0.000000280. The van der Waals surface area contributed by atoms with E-state index in [0.717, 1.165) is 28.7 Å². The fourth-order valence-corrected chi connectivity index (χ4v) is 1.85. The van der Waals surface area contributed by atoms with Crippen molar-refractivity contribution in [1.29, 1.82) is 0 Å². The Morgan fingerprint density at radius 2 is 2.22 bits per heavy atom. The Hall–Kier alpha value is -1.63. The molecular formula is C11H15BrN4O2. The fourth-order valence-electron chi connectivity index (χ4n) is 1.47. The predicted molar refractivity (Wildman–Crippen MR) is 72.1 cm³/mol. The average Bonchev–Trinajstić information content (AvgIpc) is 2.77. The summed E-state index contributed by atoms with van der Waals surface area (Å²) in [5, 5.41) is 0. The number of halogens is 1. The number of nitrogens with two attached hydrogens (primary N) is 2. The lowest BCUT2D eigenvalue weighted by Gasteiger charge is -2.05. The molecule has 0 saturated carbocycles. The number of hydrogen-bond acceptors (Lipinski definition) is 5. The number of amides is 1. The quantitative estimate of drug-likeness (QED) is 0.823. The molecule has 1 amide bonds. The lowest BCUT2D eigenvalue weighted by molar-refractivity contribution is 0.182. The maximum atomic E-state index is 9.37. The minimum Gasteiger partial charge on any atom is -0.453 e. The number of nitrogens with zero attached hydrogens (tertiary/aromatic N) is 2. The van der Waals surface area contributed by atoms with E-state index in [2.05, 4.69) is 36.4 Å². The molecule has 1 aromatic rings. The van der Waals surface area contributed by atoms with Gasteiger partial charge in [0.1, 0.15) is 0 Å². The summed E-state index contributed by atoms with van der Waals surface area (Å²) in [6.07, 6.45) is 4.77. The van der Waals surface area contributed by atoms with E-state index in [1.165, 1.54) is 7.11 Å². The molecule has 2 rings (SSSR count). The Bertz CT molecular complexity index is 450. The standard InChI is InChI=1S/C9H10BrN3.C2H5NO2/c10-7-3-6(4-12-5-7)8-1-2-9(11)13-8;1-5-2(3)4/h3-5,8H,1-2H2,(H2,11,13);1H3,(H2,3,4). The molecule has 7 heteroatoms. The summed E-state index contributed by atoms with van der Waals surface area (Å²) in [4.78, 5) is 17.8. The molecule has 0 bridgehead atoms. The van der Waals surface area contributed by atoms with Crippen LogP contribution in [0.25, 0.3) is 0 Å². The van der Waals surface area contributed by atoms with Crippen LogP contribution in [0.4, 0.5) is 4.79 Å². The van der Waals surface area contributed by atoms with Gasteiger partial charge >= 0.3 is 6.09 Å². The molecule has 1 aliphatic rings. The van der Waals surface area contributed by atoms with Crippen LogP contribution >= 0.6 is 15.9 Å². The number of pyridine rings is 1. The third-order valence-corrected chi connectivity index (χ3v) is 2.74. The van der Waals surface area contributed by atoms with E-state index in [0.29, 0.717) is 0 Å². The van der Waals surface area contributed by atoms with E-state index in [1.54, 1.807) is 6.20 Å². The lowest BCUT2D eigenvalue weighted by atomic mass is 10.1. The highest BCUT2D eigenvalue weighted by atomic mass is 79.9. The summed E-state index contributed by atoms with van der Waals surface area (Å²) in [6, 6.07) is 2.25. The van der Waals surface area contributed by atoms with Crippen molar-refractivity contribution in [2.45, 2.75) is 18.9 Å². The smallest absolute Gasteiger partial charge is 0.404 e. The van der Waals surface area contributed by atoms with Crippen molar-refractivity contribution in [2.75, 3.05) is 7.11 Å². The first-order valence-electron chi connectivity index (χ1n) is 5.29. The van der Waals surface area contributed by atoms with E-state index < -0.39 is 6.09 Å². The van der Waals surface area contributed by atoms with Gasteiger partial charge in [0.15, 0.2) is 0 Å². The number of aromatic nitrogens is 1. The number of amidine groups is 1. The van der Waals surface area contributed by atoms with Crippen LogP contribution in [-0.2, 0) is 4.74 Å². The van der Waals surface area contributed by atoms with Crippen molar-refractivity contribution >= 4 is 27.9 Å². The highest BCUT2D eigenvalue weighted by Crippen LogP contribution is 2.28. The highest BCUT2D eigenvalue weighted by Gasteiger charge is 2.17. The van der Waals surface area contributed by atoms with Crippen LogP contribution in [0, 0.1) is 0 Å². The molecule has 1 aliphatic heterocycles. The molecule has 6 nitrogen and oxygen atoms in total. The lowest BCUT2D eigenvalue weighted by Crippen LogP contribution is -2.08. The van der Waals surface area contributed by atoms with E-state index in [-0.39, 0.29) is 6.04 Å². The molecule has 4 N–H and O–H groups in total. The number of hydrogen-bond donors (Lipinski definition) is 2. The number of aliphatic imine (C=N–C) groups is 1. The molecule has 0 spiro atoms. The molecule has 0 aliphatic carbocycles. The molecule has 0 fully saturated rings. The van der Waals surface area contributed by atoms with Gasteiger partial charge in [-0.2, -0.15) is 0 Å². The second-order valence-electron chi connectivity index (χ2n) is 3.63. The number of carbonyl (C=O) groups is 1. The summed E-state index contributed by atoms with van der Waals surface area (Å²) in [6.45, 7) is 0. The molecule has 1 aromatic heterocycles. The molecule has 1 unspecified atom stereocenters. The van der Waals surface area contributed by atoms with Gasteiger partial charge in [0.25, 0.3) is 0 Å². The average molecular weight is 315 g/mol. The zero-order valence-corrected chi connectivity index (χ0v) is 11.6. The zero-order valence-electron chi connectivity index (χ0n) is 9.97. The highest BCUT2D eigenvalue weighted by molar-refractivity contribution is 9.10. The Kier molecular flexibility index (Phi) is 5.57. The summed E-state index contributed by atoms with van der Waals surface area (Å²) in [5.41, 5.74) is 11.2. The molecule has 0 saturated heterocycles. The van der Waals surface area contributed by atoms with Crippen LogP contribution in [0.5, 0.6) is 0 Å². The number of methoxy groups -OCH3 is 1. The fraction of sp³-hybridized carbons (Fsp3) is 0.364. The molecule has 2 heterocycles. The van der Waals surface area contributed by atoms with Gasteiger partial charge in [-0.05, 0) is 34.0 Å². The monoisotopic (exact) mass is 314 g/mol. The van der Waals surface area contributed by atoms with Gasteiger partial charge in [-0.1, -0.05) is 0 Å². The summed E-state index contributed by atoms with van der Waals surface area (Å²) in [7, 11) is 1.22. The molecule has 1 atom stereocenters. The van der Waals surface area contributed by atoms with Crippen molar-refractivity contribution in [3.05, 3.63) is 28.5 Å². The number of ether oxygens (including phenoxy) is 1.